The molecular weight excluding hydrogens is 266 g/mol. The Kier molecular flexibility index (Phi) is 6.24. The van der Waals surface area contributed by atoms with Crippen LogP contribution in [0, 0.1) is 5.92 Å². The summed E-state index contributed by atoms with van der Waals surface area (Å²) in [5.41, 5.74) is 0.615. The van der Waals surface area contributed by atoms with Gasteiger partial charge in [-0.15, -0.1) is 11.3 Å². The van der Waals surface area contributed by atoms with E-state index < -0.39 is 5.97 Å². The Morgan fingerprint density at radius 1 is 1.58 bits per heavy atom. The van der Waals surface area contributed by atoms with Crippen LogP contribution in [0.25, 0.3) is 6.08 Å². The Bertz CT molecular complexity index is 467. The van der Waals surface area contributed by atoms with Gasteiger partial charge >= 0.3 is 5.97 Å². The van der Waals surface area contributed by atoms with Crippen LogP contribution in [0.1, 0.15) is 22.2 Å². The van der Waals surface area contributed by atoms with Gasteiger partial charge < -0.3 is 15.2 Å². The zero-order valence-electron chi connectivity index (χ0n) is 10.9. The summed E-state index contributed by atoms with van der Waals surface area (Å²) in [7, 11) is 1.62. The molecule has 0 radical (unpaired) electrons. The molecule has 1 atom stereocenters. The number of rotatable bonds is 7. The van der Waals surface area contributed by atoms with Crippen LogP contribution in [0.5, 0.6) is 0 Å². The highest BCUT2D eigenvalue weighted by atomic mass is 32.1. The molecule has 0 bridgehead atoms. The van der Waals surface area contributed by atoms with Crippen molar-refractivity contribution in [2.24, 2.45) is 5.92 Å². The Balaban J connectivity index is 2.62. The van der Waals surface area contributed by atoms with E-state index in [1.807, 2.05) is 6.92 Å². The van der Waals surface area contributed by atoms with Crippen molar-refractivity contribution in [1.82, 2.24) is 5.32 Å². The lowest BCUT2D eigenvalue weighted by Gasteiger charge is -2.11. The zero-order valence-corrected chi connectivity index (χ0v) is 11.7. The average Bonchev–Trinajstić information content (AvgIpc) is 2.82. The van der Waals surface area contributed by atoms with E-state index in [1.54, 1.807) is 18.6 Å². The number of methoxy groups -OCH3 is 1. The lowest BCUT2D eigenvalue weighted by molar-refractivity contribution is -0.131. The normalized spacial score (nSPS) is 12.5. The quantitative estimate of drug-likeness (QED) is 0.749. The first-order valence-corrected chi connectivity index (χ1v) is 6.68. The smallest absolute Gasteiger partial charge is 0.328 e. The third-order valence-electron chi connectivity index (χ3n) is 2.37. The fourth-order valence-corrected chi connectivity index (χ4v) is 2.29. The molecule has 1 aromatic heterocycles. The summed E-state index contributed by atoms with van der Waals surface area (Å²) in [5, 5.41) is 13.1. The lowest BCUT2D eigenvalue weighted by Crippen LogP contribution is -2.29. The number of carboxylic acids is 1. The van der Waals surface area contributed by atoms with E-state index in [0.717, 1.165) is 6.08 Å². The number of carbonyl (C=O) groups excluding carboxylic acids is 1. The minimum atomic E-state index is -1.04. The van der Waals surface area contributed by atoms with E-state index in [4.69, 9.17) is 9.84 Å². The monoisotopic (exact) mass is 283 g/mol. The van der Waals surface area contributed by atoms with Crippen LogP contribution in [-0.4, -0.2) is 37.2 Å². The number of nitrogens with one attached hydrogen (secondary N) is 1. The third kappa shape index (κ3) is 5.23. The number of hydrogen-bond donors (Lipinski definition) is 2. The molecule has 1 heterocycles. The molecule has 1 rings (SSSR count). The minimum Gasteiger partial charge on any atom is -0.478 e. The van der Waals surface area contributed by atoms with Gasteiger partial charge in [-0.2, -0.15) is 0 Å². The van der Waals surface area contributed by atoms with Crippen molar-refractivity contribution in [3.05, 3.63) is 28.0 Å². The molecule has 5 nitrogen and oxygen atoms in total. The van der Waals surface area contributed by atoms with Crippen molar-refractivity contribution in [3.63, 3.8) is 0 Å². The summed E-state index contributed by atoms with van der Waals surface area (Å²) < 4.78 is 4.99. The van der Waals surface area contributed by atoms with Crippen LogP contribution < -0.4 is 5.32 Å². The second kappa shape index (κ2) is 7.70. The number of aliphatic carboxylic acids is 1. The predicted octanol–water partition coefficient (Wildman–Crippen LogP) is 1.86. The molecule has 6 heteroatoms. The Labute approximate surface area is 115 Å². The summed E-state index contributed by atoms with van der Waals surface area (Å²) in [6.07, 6.45) is 2.44. The first-order chi connectivity index (χ1) is 9.04. The highest BCUT2D eigenvalue weighted by Gasteiger charge is 2.12. The largest absolute Gasteiger partial charge is 0.478 e. The van der Waals surface area contributed by atoms with E-state index in [0.29, 0.717) is 23.6 Å². The number of ether oxygens (including phenoxy) is 1. The van der Waals surface area contributed by atoms with Crippen molar-refractivity contribution < 1.29 is 19.4 Å². The van der Waals surface area contributed by atoms with Crippen LogP contribution in [0.3, 0.4) is 0 Å². The van der Waals surface area contributed by atoms with Gasteiger partial charge in [0.15, 0.2) is 0 Å². The number of carbonyl (C=O) groups is 2. The van der Waals surface area contributed by atoms with Crippen LogP contribution in [-0.2, 0) is 9.53 Å². The standard InChI is InChI=1S/C13H17NO4S/c1-9(8-18-2)7-14-13(17)12-10(5-6-19-12)3-4-11(15)16/h3-6,9H,7-8H2,1-2H3,(H,14,17)(H,15,16). The maximum absolute atomic E-state index is 12.0. The van der Waals surface area contributed by atoms with Crippen LogP contribution in [0.4, 0.5) is 0 Å². The van der Waals surface area contributed by atoms with Crippen LogP contribution in [0.2, 0.25) is 0 Å². The molecule has 0 aliphatic heterocycles. The molecular formula is C13H17NO4S. The molecule has 0 aliphatic carbocycles. The molecule has 1 aromatic rings. The van der Waals surface area contributed by atoms with E-state index in [9.17, 15) is 9.59 Å². The number of thiophene rings is 1. The fourth-order valence-electron chi connectivity index (χ4n) is 1.49. The number of amides is 1. The lowest BCUT2D eigenvalue weighted by atomic mass is 10.2. The van der Waals surface area contributed by atoms with Crippen molar-refractivity contribution in [3.8, 4) is 0 Å². The van der Waals surface area contributed by atoms with Gasteiger partial charge in [0.2, 0.25) is 0 Å². The molecule has 2 N–H and O–H groups in total. The summed E-state index contributed by atoms with van der Waals surface area (Å²) in [6, 6.07) is 1.72. The molecule has 1 amide bonds. The van der Waals surface area contributed by atoms with Gasteiger partial charge in [0.05, 0.1) is 11.5 Å². The van der Waals surface area contributed by atoms with Crippen molar-refractivity contribution >= 4 is 29.3 Å². The van der Waals surface area contributed by atoms with Gasteiger partial charge in [0.1, 0.15) is 0 Å². The first-order valence-electron chi connectivity index (χ1n) is 5.80. The minimum absolute atomic E-state index is 0.192. The topological polar surface area (TPSA) is 75.6 Å². The zero-order chi connectivity index (χ0) is 14.3. The van der Waals surface area contributed by atoms with Gasteiger partial charge in [0.25, 0.3) is 5.91 Å². The second-order valence-electron chi connectivity index (χ2n) is 4.15. The summed E-state index contributed by atoms with van der Waals surface area (Å²) >= 11 is 1.29. The predicted molar refractivity (Wildman–Crippen MR) is 74.4 cm³/mol. The molecule has 1 unspecified atom stereocenters. The fraction of sp³-hybridized carbons (Fsp3) is 0.385. The summed E-state index contributed by atoms with van der Waals surface area (Å²) in [6.45, 7) is 3.08. The summed E-state index contributed by atoms with van der Waals surface area (Å²) in [4.78, 5) is 22.9. The second-order valence-corrected chi connectivity index (χ2v) is 5.06. The van der Waals surface area contributed by atoms with E-state index in [-0.39, 0.29) is 11.8 Å². The SMILES string of the molecule is COCC(C)CNC(=O)c1sccc1C=CC(=O)O. The highest BCUT2D eigenvalue weighted by Crippen LogP contribution is 2.18. The molecule has 0 saturated heterocycles. The highest BCUT2D eigenvalue weighted by molar-refractivity contribution is 7.12. The van der Waals surface area contributed by atoms with Gasteiger partial charge in [-0.3, -0.25) is 4.79 Å². The van der Waals surface area contributed by atoms with Gasteiger partial charge in [0, 0.05) is 19.7 Å². The van der Waals surface area contributed by atoms with Crippen molar-refractivity contribution in [1.29, 1.82) is 0 Å². The van der Waals surface area contributed by atoms with E-state index in [1.165, 1.54) is 17.4 Å². The first kappa shape index (κ1) is 15.4. The van der Waals surface area contributed by atoms with Crippen molar-refractivity contribution in [2.75, 3.05) is 20.3 Å². The van der Waals surface area contributed by atoms with Crippen LogP contribution in [0.15, 0.2) is 17.5 Å². The van der Waals surface area contributed by atoms with E-state index >= 15 is 0 Å². The molecule has 104 valence electrons. The molecule has 19 heavy (non-hydrogen) atoms. The van der Waals surface area contributed by atoms with Crippen LogP contribution >= 0.6 is 11.3 Å². The number of hydrogen-bond acceptors (Lipinski definition) is 4. The molecule has 0 fully saturated rings. The molecule has 0 spiro atoms. The van der Waals surface area contributed by atoms with E-state index in [2.05, 4.69) is 5.32 Å². The molecule has 0 saturated carbocycles. The Hall–Kier alpha value is -1.66. The maximum Gasteiger partial charge on any atom is 0.328 e. The Morgan fingerprint density at radius 3 is 2.95 bits per heavy atom. The molecule has 0 aliphatic rings. The van der Waals surface area contributed by atoms with Gasteiger partial charge in [-0.05, 0) is 29.0 Å². The average molecular weight is 283 g/mol. The van der Waals surface area contributed by atoms with Crippen molar-refractivity contribution in [2.45, 2.75) is 6.92 Å². The Morgan fingerprint density at radius 2 is 2.32 bits per heavy atom. The van der Waals surface area contributed by atoms with Gasteiger partial charge in [-0.25, -0.2) is 4.79 Å². The van der Waals surface area contributed by atoms with Gasteiger partial charge in [-0.1, -0.05) is 6.92 Å². The maximum atomic E-state index is 12.0. The molecule has 0 aromatic carbocycles. The summed E-state index contributed by atoms with van der Waals surface area (Å²) in [5.74, 6) is -0.999. The number of carboxylic acid groups (broad SMARTS) is 1. The third-order valence-corrected chi connectivity index (χ3v) is 3.30.